The summed E-state index contributed by atoms with van der Waals surface area (Å²) in [4.78, 5) is 17.4. The molecule has 1 amide bonds. The van der Waals surface area contributed by atoms with Gasteiger partial charge in [-0.15, -0.1) is 11.3 Å². The van der Waals surface area contributed by atoms with Gasteiger partial charge in [-0.25, -0.2) is 4.39 Å². The third kappa shape index (κ3) is 3.42. The van der Waals surface area contributed by atoms with Gasteiger partial charge in [-0.2, -0.15) is 5.10 Å². The van der Waals surface area contributed by atoms with E-state index in [1.807, 2.05) is 22.8 Å². The number of carbonyl (C=O) groups excluding carboxylic acids is 1. The van der Waals surface area contributed by atoms with Crippen molar-refractivity contribution in [3.8, 4) is 0 Å². The molecule has 0 N–H and O–H groups in total. The predicted octanol–water partition coefficient (Wildman–Crippen LogP) is 3.14. The van der Waals surface area contributed by atoms with E-state index < -0.39 is 0 Å². The lowest BCUT2D eigenvalue weighted by molar-refractivity contribution is 0.0108. The van der Waals surface area contributed by atoms with Crippen LogP contribution >= 0.6 is 11.3 Å². The molecule has 4 rings (SSSR count). The summed E-state index contributed by atoms with van der Waals surface area (Å²) in [5, 5.41) is 5.91. The normalized spacial score (nSPS) is 24.3. The van der Waals surface area contributed by atoms with Gasteiger partial charge in [0, 0.05) is 44.8 Å². The van der Waals surface area contributed by atoms with Gasteiger partial charge in [0.1, 0.15) is 10.7 Å². The van der Waals surface area contributed by atoms with Crippen molar-refractivity contribution in [2.75, 3.05) is 26.2 Å². The summed E-state index contributed by atoms with van der Waals surface area (Å²) < 4.78 is 15.8. The van der Waals surface area contributed by atoms with Crippen LogP contribution in [0.5, 0.6) is 0 Å². The highest BCUT2D eigenvalue weighted by atomic mass is 32.1. The van der Waals surface area contributed by atoms with E-state index in [-0.39, 0.29) is 22.0 Å². The minimum Gasteiger partial charge on any atom is -0.337 e. The Morgan fingerprint density at radius 3 is 2.77 bits per heavy atom. The molecule has 2 aliphatic heterocycles. The second kappa shape index (κ2) is 7.12. The summed E-state index contributed by atoms with van der Waals surface area (Å²) in [5.74, 6) is -0.526. The number of thiophene rings is 1. The summed E-state index contributed by atoms with van der Waals surface area (Å²) in [6.45, 7) is 4.45. The van der Waals surface area contributed by atoms with Gasteiger partial charge in [0.25, 0.3) is 5.91 Å². The van der Waals surface area contributed by atoms with Crippen LogP contribution in [0.1, 0.15) is 41.0 Å². The van der Waals surface area contributed by atoms with E-state index in [1.54, 1.807) is 5.38 Å². The molecule has 2 aliphatic rings. The number of hydrogen-bond donors (Lipinski definition) is 0. The number of aromatic nitrogens is 2. The molecule has 7 heteroatoms. The van der Waals surface area contributed by atoms with Crippen molar-refractivity contribution >= 4 is 17.2 Å². The van der Waals surface area contributed by atoms with Crippen molar-refractivity contribution in [2.45, 2.75) is 32.2 Å². The van der Waals surface area contributed by atoms with Crippen LogP contribution in [-0.4, -0.2) is 51.7 Å². The molecular weight excluding hydrogens is 351 g/mol. The maximum Gasteiger partial charge on any atom is 0.266 e. The van der Waals surface area contributed by atoms with Crippen molar-refractivity contribution in [1.29, 1.82) is 0 Å². The molecule has 1 atom stereocenters. The molecule has 2 aromatic heterocycles. The largest absolute Gasteiger partial charge is 0.337 e. The molecule has 140 valence electrons. The highest BCUT2D eigenvalue weighted by Crippen LogP contribution is 2.39. The molecular formula is C19H25FN4OS. The number of piperidine rings is 2. The van der Waals surface area contributed by atoms with E-state index in [2.05, 4.69) is 16.1 Å². The quantitative estimate of drug-likeness (QED) is 0.826. The van der Waals surface area contributed by atoms with Crippen molar-refractivity contribution in [1.82, 2.24) is 19.6 Å². The first-order chi connectivity index (χ1) is 12.6. The van der Waals surface area contributed by atoms with Gasteiger partial charge in [0.05, 0.1) is 5.69 Å². The van der Waals surface area contributed by atoms with Gasteiger partial charge in [0.15, 0.2) is 0 Å². The molecule has 0 aromatic carbocycles. The first kappa shape index (κ1) is 17.7. The summed E-state index contributed by atoms with van der Waals surface area (Å²) in [5.41, 5.74) is 1.35. The van der Waals surface area contributed by atoms with E-state index in [0.29, 0.717) is 0 Å². The summed E-state index contributed by atoms with van der Waals surface area (Å²) in [7, 11) is 1.98. The van der Waals surface area contributed by atoms with E-state index in [1.165, 1.54) is 23.1 Å². The number of carbonyl (C=O) groups is 1. The fourth-order valence-corrected chi connectivity index (χ4v) is 5.27. The Hall–Kier alpha value is -1.73. The zero-order valence-corrected chi connectivity index (χ0v) is 16.0. The van der Waals surface area contributed by atoms with Crippen molar-refractivity contribution in [2.24, 2.45) is 12.5 Å². The number of rotatable bonds is 3. The molecule has 0 radical (unpaired) electrons. The van der Waals surface area contributed by atoms with Crippen LogP contribution in [-0.2, 0) is 13.6 Å². The van der Waals surface area contributed by atoms with Crippen molar-refractivity contribution < 1.29 is 9.18 Å². The molecule has 26 heavy (non-hydrogen) atoms. The second-order valence-corrected chi connectivity index (χ2v) is 8.60. The van der Waals surface area contributed by atoms with Gasteiger partial charge < -0.3 is 4.90 Å². The lowest BCUT2D eigenvalue weighted by atomic mass is 9.73. The molecule has 4 heterocycles. The van der Waals surface area contributed by atoms with Gasteiger partial charge in [0.2, 0.25) is 0 Å². The maximum absolute atomic E-state index is 13.8. The van der Waals surface area contributed by atoms with E-state index in [4.69, 9.17) is 0 Å². The summed E-state index contributed by atoms with van der Waals surface area (Å²) in [6, 6.07) is 3.45. The number of hydrogen-bond acceptors (Lipinski definition) is 4. The lowest BCUT2D eigenvalue weighted by Crippen LogP contribution is -2.53. The minimum absolute atomic E-state index is 0.137. The third-order valence-corrected chi connectivity index (χ3v) is 6.69. The number of amides is 1. The average molecular weight is 377 g/mol. The van der Waals surface area contributed by atoms with Gasteiger partial charge in [-0.3, -0.25) is 14.4 Å². The second-order valence-electron chi connectivity index (χ2n) is 7.69. The number of aryl methyl sites for hydroxylation is 1. The Kier molecular flexibility index (Phi) is 4.84. The fraction of sp³-hybridized carbons (Fsp3) is 0.579. The Morgan fingerprint density at radius 1 is 1.27 bits per heavy atom. The SMILES string of the molecule is Cn1nccc1CN1CCCC2(CCCN(C(=O)c3sccc3F)C2)C1. The van der Waals surface area contributed by atoms with Crippen molar-refractivity contribution in [3.63, 3.8) is 0 Å². The zero-order valence-electron chi connectivity index (χ0n) is 15.2. The maximum atomic E-state index is 13.8. The van der Waals surface area contributed by atoms with Crippen LogP contribution in [0.2, 0.25) is 0 Å². The van der Waals surface area contributed by atoms with Crippen LogP contribution in [0.25, 0.3) is 0 Å². The number of nitrogens with zero attached hydrogens (tertiary/aromatic N) is 4. The molecule has 1 unspecified atom stereocenters. The Balaban J connectivity index is 1.46. The zero-order chi connectivity index (χ0) is 18.1. The van der Waals surface area contributed by atoms with Crippen LogP contribution in [0.4, 0.5) is 4.39 Å². The minimum atomic E-state index is -0.388. The smallest absolute Gasteiger partial charge is 0.266 e. The third-order valence-electron chi connectivity index (χ3n) is 5.81. The van der Waals surface area contributed by atoms with Gasteiger partial charge >= 0.3 is 0 Å². The predicted molar refractivity (Wildman–Crippen MR) is 99.6 cm³/mol. The van der Waals surface area contributed by atoms with Crippen LogP contribution < -0.4 is 0 Å². The van der Waals surface area contributed by atoms with E-state index >= 15 is 0 Å². The summed E-state index contributed by atoms with van der Waals surface area (Å²) in [6.07, 6.45) is 6.27. The highest BCUT2D eigenvalue weighted by Gasteiger charge is 2.41. The molecule has 0 bridgehead atoms. The number of likely N-dealkylation sites (tertiary alicyclic amines) is 2. The molecule has 2 fully saturated rings. The van der Waals surface area contributed by atoms with Gasteiger partial charge in [-0.05, 0) is 49.7 Å². The Labute approximate surface area is 157 Å². The van der Waals surface area contributed by atoms with Crippen LogP contribution in [0.15, 0.2) is 23.7 Å². The standard InChI is InChI=1S/C19H25FN4OS/c1-22-15(4-8-21-22)12-23-9-2-6-19(13-23)7-3-10-24(14-19)18(25)17-16(20)5-11-26-17/h4-5,8,11H,2-3,6-7,9-10,12-14H2,1H3. The molecule has 1 spiro atoms. The van der Waals surface area contributed by atoms with Crippen LogP contribution in [0.3, 0.4) is 0 Å². The Morgan fingerprint density at radius 2 is 2.08 bits per heavy atom. The topological polar surface area (TPSA) is 41.4 Å². The van der Waals surface area contributed by atoms with E-state index in [9.17, 15) is 9.18 Å². The fourth-order valence-electron chi connectivity index (χ4n) is 4.53. The summed E-state index contributed by atoms with van der Waals surface area (Å²) >= 11 is 1.20. The average Bonchev–Trinajstić information content (AvgIpc) is 3.23. The molecule has 2 aromatic rings. The van der Waals surface area contributed by atoms with Gasteiger partial charge in [-0.1, -0.05) is 0 Å². The monoisotopic (exact) mass is 376 g/mol. The highest BCUT2D eigenvalue weighted by molar-refractivity contribution is 7.12. The first-order valence-corrected chi connectivity index (χ1v) is 10.2. The first-order valence-electron chi connectivity index (χ1n) is 9.28. The van der Waals surface area contributed by atoms with E-state index in [0.717, 1.165) is 58.4 Å². The molecule has 5 nitrogen and oxygen atoms in total. The lowest BCUT2D eigenvalue weighted by Gasteiger charge is -2.48. The molecule has 2 saturated heterocycles. The van der Waals surface area contributed by atoms with Crippen molar-refractivity contribution in [3.05, 3.63) is 40.1 Å². The molecule has 0 aliphatic carbocycles. The molecule has 0 saturated carbocycles. The Bertz CT molecular complexity index is 784. The number of halogens is 1. The van der Waals surface area contributed by atoms with Crippen LogP contribution in [0, 0.1) is 11.2 Å².